The van der Waals surface area contributed by atoms with Crippen LogP contribution in [0.5, 0.6) is 0 Å². The van der Waals surface area contributed by atoms with Crippen molar-refractivity contribution in [1.29, 1.82) is 0 Å². The zero-order chi connectivity index (χ0) is 30.1. The molecule has 0 fully saturated rings. The minimum absolute atomic E-state index is 0.00647. The first-order valence-corrected chi connectivity index (χ1v) is 15.3. The molecule has 5 aromatic rings. The number of tetrazole rings is 1. The molecule has 0 saturated carbocycles. The van der Waals surface area contributed by atoms with Gasteiger partial charge in [-0.2, -0.15) is 17.9 Å². The number of aromatic nitrogens is 6. The van der Waals surface area contributed by atoms with Gasteiger partial charge in [-0.1, -0.05) is 18.2 Å². The van der Waals surface area contributed by atoms with Crippen LogP contribution in [0.3, 0.4) is 0 Å². The Morgan fingerprint density at radius 2 is 1.91 bits per heavy atom. The summed E-state index contributed by atoms with van der Waals surface area (Å²) in [5.74, 6) is -1.20. The topological polar surface area (TPSA) is 177 Å². The molecule has 2 atom stereocenters. The van der Waals surface area contributed by atoms with Crippen molar-refractivity contribution in [3.05, 3.63) is 100 Å². The number of aryl methyl sites for hydroxylation is 1. The highest BCUT2D eigenvalue weighted by Gasteiger charge is 2.43. The van der Waals surface area contributed by atoms with Crippen molar-refractivity contribution >= 4 is 38.9 Å². The first-order valence-electron chi connectivity index (χ1n) is 12.9. The highest BCUT2D eigenvalue weighted by atomic mass is 32.2. The molecular weight excluding hydrogens is 597 g/mol. The molecule has 1 aliphatic rings. The summed E-state index contributed by atoms with van der Waals surface area (Å²) >= 11 is 1.11. The quantitative estimate of drug-likeness (QED) is 0.200. The van der Waals surface area contributed by atoms with E-state index in [1.165, 1.54) is 18.2 Å². The summed E-state index contributed by atoms with van der Waals surface area (Å²) in [5.41, 5.74) is 2.64. The summed E-state index contributed by atoms with van der Waals surface area (Å²) in [6.07, 6.45) is 1.10. The Bertz CT molecular complexity index is 1930. The van der Waals surface area contributed by atoms with Crippen LogP contribution in [0.1, 0.15) is 43.7 Å². The number of aromatic amines is 1. The number of nitrogens with one attached hydrogen (secondary N) is 4. The summed E-state index contributed by atoms with van der Waals surface area (Å²) in [5, 5.41) is 21.2. The predicted molar refractivity (Wildman–Crippen MR) is 151 cm³/mol. The lowest BCUT2D eigenvalue weighted by atomic mass is 10.1. The smallest absolute Gasteiger partial charge is 0.340 e. The number of carbonyl (C=O) groups excluding carboxylic acids is 2. The summed E-state index contributed by atoms with van der Waals surface area (Å²) < 4.78 is 41.1. The van der Waals surface area contributed by atoms with Crippen molar-refractivity contribution in [2.75, 3.05) is 6.54 Å². The standard InChI is InChI=1S/C27H22FN9O4S2/c1-15-9-16(4-7-19(15)28)12-29-26(38)20-11-21(31-14-30-20)27(39)32-22-13-37(43(40,41)24-3-2-8-42-24)23-10-17(5-6-18(22)23)25-33-35-36-34-25/h2-11,14,22H,12-13H2,1H3,(H,29,38)(H,32,39)(H,33,34,35,36)/p+1/t22-/m1/s1. The summed E-state index contributed by atoms with van der Waals surface area (Å²) in [6, 6.07) is 13.4. The van der Waals surface area contributed by atoms with Gasteiger partial charge in [-0.05, 0) is 52.9 Å². The van der Waals surface area contributed by atoms with Gasteiger partial charge in [0.05, 0.1) is 0 Å². The number of amides is 2. The molecule has 43 heavy (non-hydrogen) atoms. The number of hydrogen-bond acceptors (Lipinski definition) is 10. The lowest BCUT2D eigenvalue weighted by Gasteiger charge is -2.14. The Morgan fingerprint density at radius 3 is 2.63 bits per heavy atom. The number of H-pyrrole nitrogens is 1. The predicted octanol–water partition coefficient (Wildman–Crippen LogP) is 1.49. The number of hydrogen-bond donors (Lipinski definition) is 4. The molecule has 0 aliphatic carbocycles. The van der Waals surface area contributed by atoms with Gasteiger partial charge in [0.1, 0.15) is 36.1 Å². The van der Waals surface area contributed by atoms with E-state index in [1.807, 2.05) is 0 Å². The molecule has 1 unspecified atom stereocenters. The average Bonchev–Trinajstić information content (AvgIpc) is 3.80. The van der Waals surface area contributed by atoms with Crippen molar-refractivity contribution in [2.24, 2.45) is 0 Å². The van der Waals surface area contributed by atoms with Gasteiger partial charge in [0.15, 0.2) is 9.90 Å². The van der Waals surface area contributed by atoms with Crippen molar-refractivity contribution < 1.29 is 26.7 Å². The van der Waals surface area contributed by atoms with Crippen LogP contribution in [0.15, 0.2) is 70.5 Å². The Labute approximate surface area is 248 Å². The van der Waals surface area contributed by atoms with Crippen molar-refractivity contribution in [2.45, 2.75) is 23.7 Å². The van der Waals surface area contributed by atoms with Crippen LogP contribution in [-0.2, 0) is 16.6 Å². The third kappa shape index (κ3) is 5.62. The number of rotatable bonds is 8. The normalized spacial score (nSPS) is 16.0. The third-order valence-corrected chi connectivity index (χ3v) is 10.2. The molecule has 0 bridgehead atoms. The van der Waals surface area contributed by atoms with Crippen LogP contribution < -0.4 is 14.9 Å². The third-order valence-electron chi connectivity index (χ3n) is 6.92. The van der Waals surface area contributed by atoms with Gasteiger partial charge in [-0.3, -0.25) is 9.59 Å². The van der Waals surface area contributed by atoms with Gasteiger partial charge in [-0.15, -0.1) is 21.5 Å². The van der Waals surface area contributed by atoms with E-state index in [0.717, 1.165) is 17.7 Å². The molecule has 13 nitrogen and oxygen atoms in total. The van der Waals surface area contributed by atoms with Crippen molar-refractivity contribution in [3.8, 4) is 11.4 Å². The van der Waals surface area contributed by atoms with Crippen LogP contribution in [-0.4, -0.2) is 57.4 Å². The Balaban J connectivity index is 1.23. The summed E-state index contributed by atoms with van der Waals surface area (Å²) in [4.78, 5) is 34.1. The fourth-order valence-corrected chi connectivity index (χ4v) is 7.56. The van der Waals surface area contributed by atoms with E-state index in [0.29, 0.717) is 33.8 Å². The molecule has 2 amide bonds. The number of quaternary nitrogens is 1. The largest absolute Gasteiger partial charge is 0.347 e. The second kappa shape index (κ2) is 11.4. The van der Waals surface area contributed by atoms with Crippen LogP contribution in [0.2, 0.25) is 0 Å². The maximum absolute atomic E-state index is 13.6. The van der Waals surface area contributed by atoms with Crippen LogP contribution in [0, 0.1) is 12.7 Å². The number of halogens is 1. The monoisotopic (exact) mass is 620 g/mol. The second-order valence-electron chi connectivity index (χ2n) is 9.68. The van der Waals surface area contributed by atoms with Gasteiger partial charge in [0.2, 0.25) is 5.82 Å². The number of thiophene rings is 1. The Morgan fingerprint density at radius 1 is 1.09 bits per heavy atom. The van der Waals surface area contributed by atoms with E-state index >= 15 is 0 Å². The van der Waals surface area contributed by atoms with E-state index in [1.54, 1.807) is 48.7 Å². The van der Waals surface area contributed by atoms with E-state index in [4.69, 9.17) is 0 Å². The first-order chi connectivity index (χ1) is 20.7. The van der Waals surface area contributed by atoms with Gasteiger partial charge in [-0.25, -0.2) is 14.4 Å². The average molecular weight is 621 g/mol. The molecule has 0 spiro atoms. The van der Waals surface area contributed by atoms with Crippen LogP contribution in [0.4, 0.5) is 10.1 Å². The lowest BCUT2D eigenvalue weighted by molar-refractivity contribution is -0.684. The molecule has 3 aromatic heterocycles. The van der Waals surface area contributed by atoms with Crippen LogP contribution >= 0.6 is 11.3 Å². The summed E-state index contributed by atoms with van der Waals surface area (Å²) in [6.45, 7) is 1.77. The highest BCUT2D eigenvalue weighted by Crippen LogP contribution is 2.31. The first kappa shape index (κ1) is 28.2. The zero-order valence-electron chi connectivity index (χ0n) is 22.4. The molecule has 218 valence electrons. The van der Waals surface area contributed by atoms with Gasteiger partial charge < -0.3 is 10.6 Å². The SMILES string of the molecule is Cc1cc(CNC(=O)c2cc(C(=O)N[C@@H]3C[NH+](S(=O)(=O)c4cccs4)c4cc(-c5nn[nH]n5)ccc43)ncn2)ccc1F. The molecule has 6 rings (SSSR count). The van der Waals surface area contributed by atoms with Gasteiger partial charge in [0.25, 0.3) is 11.8 Å². The lowest BCUT2D eigenvalue weighted by Crippen LogP contribution is -3.08. The zero-order valence-corrected chi connectivity index (χ0v) is 24.0. The Kier molecular flexibility index (Phi) is 7.47. The number of fused-ring (bicyclic) bond motifs is 1. The maximum Gasteiger partial charge on any atom is 0.340 e. The number of benzene rings is 2. The van der Waals surface area contributed by atoms with Crippen LogP contribution in [0.25, 0.3) is 11.4 Å². The number of nitrogens with zero attached hydrogens (tertiary/aromatic N) is 5. The maximum atomic E-state index is 13.6. The van der Waals surface area contributed by atoms with Crippen molar-refractivity contribution in [1.82, 2.24) is 41.2 Å². The Hall–Kier alpha value is -4.93. The minimum atomic E-state index is -3.86. The fourth-order valence-electron chi connectivity index (χ4n) is 4.78. The highest BCUT2D eigenvalue weighted by molar-refractivity contribution is 7.87. The van der Waals surface area contributed by atoms with E-state index < -0.39 is 27.9 Å². The molecule has 1 aliphatic heterocycles. The molecule has 4 heterocycles. The molecule has 0 radical (unpaired) electrons. The molecule has 2 aromatic carbocycles. The number of sulfonamides is 1. The van der Waals surface area contributed by atoms with Crippen molar-refractivity contribution in [3.63, 3.8) is 0 Å². The molecular formula is C27H23FN9O4S2+. The molecule has 4 N–H and O–H groups in total. The summed E-state index contributed by atoms with van der Waals surface area (Å²) in [7, 11) is -3.86. The van der Waals surface area contributed by atoms with E-state index in [9.17, 15) is 22.4 Å². The molecule has 16 heteroatoms. The van der Waals surface area contributed by atoms with E-state index in [2.05, 4.69) is 41.2 Å². The van der Waals surface area contributed by atoms with Gasteiger partial charge >= 0.3 is 10.0 Å². The fraction of sp³-hybridized carbons (Fsp3) is 0.148. The number of carbonyl (C=O) groups is 2. The van der Waals surface area contributed by atoms with Gasteiger partial charge in [0, 0.05) is 29.8 Å². The minimum Gasteiger partial charge on any atom is -0.347 e. The van der Waals surface area contributed by atoms with E-state index in [-0.39, 0.29) is 38.8 Å². The second-order valence-corrected chi connectivity index (χ2v) is 12.8. The molecule has 0 saturated heterocycles.